The minimum Gasteiger partial charge on any atom is -0.456 e. The average Bonchev–Trinajstić information content (AvgIpc) is 2.80. The van der Waals surface area contributed by atoms with Crippen molar-refractivity contribution in [3.8, 4) is 0 Å². The molecule has 1 unspecified atom stereocenters. The fraction of sp³-hybridized carbons (Fsp3) is 0.333. The van der Waals surface area contributed by atoms with Gasteiger partial charge in [-0.1, -0.05) is 43.5 Å². The molecule has 3 aromatic rings. The molecule has 0 radical (unpaired) electrons. The molecule has 2 aromatic carbocycles. The first kappa shape index (κ1) is 12.0. The molecule has 1 aliphatic rings. The highest BCUT2D eigenvalue weighted by Gasteiger charge is 2.21. The molecule has 102 valence electrons. The molecule has 4 rings (SSSR count). The SMILES string of the molecule is NC(CC1CCC1)c1ccc2oc3ccccc3c2c1. The lowest BCUT2D eigenvalue weighted by atomic mass is 9.80. The Labute approximate surface area is 118 Å². The lowest BCUT2D eigenvalue weighted by Crippen LogP contribution is -2.19. The Morgan fingerprint density at radius 3 is 2.65 bits per heavy atom. The molecule has 2 heteroatoms. The maximum Gasteiger partial charge on any atom is 0.135 e. The van der Waals surface area contributed by atoms with Gasteiger partial charge >= 0.3 is 0 Å². The highest BCUT2D eigenvalue weighted by Crippen LogP contribution is 2.35. The number of hydrogen-bond acceptors (Lipinski definition) is 2. The Morgan fingerprint density at radius 1 is 1.05 bits per heavy atom. The lowest BCUT2D eigenvalue weighted by molar-refractivity contribution is 0.277. The highest BCUT2D eigenvalue weighted by atomic mass is 16.3. The summed E-state index contributed by atoms with van der Waals surface area (Å²) in [5, 5.41) is 2.36. The summed E-state index contributed by atoms with van der Waals surface area (Å²) < 4.78 is 5.86. The maximum absolute atomic E-state index is 6.38. The van der Waals surface area contributed by atoms with Gasteiger partial charge in [0.15, 0.2) is 0 Å². The van der Waals surface area contributed by atoms with Crippen molar-refractivity contribution in [1.29, 1.82) is 0 Å². The first-order valence-corrected chi connectivity index (χ1v) is 7.48. The van der Waals surface area contributed by atoms with Crippen LogP contribution in [0, 0.1) is 5.92 Å². The van der Waals surface area contributed by atoms with Gasteiger partial charge in [-0.25, -0.2) is 0 Å². The minimum absolute atomic E-state index is 0.151. The fourth-order valence-corrected chi connectivity index (χ4v) is 3.20. The van der Waals surface area contributed by atoms with Gasteiger partial charge in [-0.3, -0.25) is 0 Å². The standard InChI is InChI=1S/C18H19NO/c19-16(10-12-4-3-5-12)13-8-9-18-15(11-13)14-6-1-2-7-17(14)20-18/h1-2,6-9,11-12,16H,3-5,10,19H2. The van der Waals surface area contributed by atoms with E-state index in [1.54, 1.807) is 0 Å². The molecule has 0 aliphatic heterocycles. The van der Waals surface area contributed by atoms with Gasteiger partial charge in [0, 0.05) is 16.8 Å². The molecule has 1 saturated carbocycles. The zero-order chi connectivity index (χ0) is 13.5. The van der Waals surface area contributed by atoms with E-state index in [-0.39, 0.29) is 6.04 Å². The zero-order valence-electron chi connectivity index (χ0n) is 11.5. The van der Waals surface area contributed by atoms with E-state index in [0.29, 0.717) is 0 Å². The lowest BCUT2D eigenvalue weighted by Gasteiger charge is -2.28. The van der Waals surface area contributed by atoms with Crippen LogP contribution in [0.3, 0.4) is 0 Å². The molecule has 1 fully saturated rings. The van der Waals surface area contributed by atoms with Gasteiger partial charge < -0.3 is 10.2 Å². The Kier molecular flexibility index (Phi) is 2.78. The van der Waals surface area contributed by atoms with Crippen LogP contribution < -0.4 is 5.73 Å². The second kappa shape index (κ2) is 4.64. The Hall–Kier alpha value is -1.80. The van der Waals surface area contributed by atoms with Crippen molar-refractivity contribution in [2.45, 2.75) is 31.7 Å². The summed E-state index contributed by atoms with van der Waals surface area (Å²) in [6, 6.07) is 14.7. The summed E-state index contributed by atoms with van der Waals surface area (Å²) in [6.07, 6.45) is 5.19. The number of benzene rings is 2. The van der Waals surface area contributed by atoms with Gasteiger partial charge in [-0.15, -0.1) is 0 Å². The number of furan rings is 1. The van der Waals surface area contributed by atoms with Crippen LogP contribution in [-0.4, -0.2) is 0 Å². The minimum atomic E-state index is 0.151. The number of fused-ring (bicyclic) bond motifs is 3. The van der Waals surface area contributed by atoms with Gasteiger partial charge in [0.2, 0.25) is 0 Å². The van der Waals surface area contributed by atoms with E-state index >= 15 is 0 Å². The molecule has 0 amide bonds. The monoisotopic (exact) mass is 265 g/mol. The Morgan fingerprint density at radius 2 is 1.85 bits per heavy atom. The topological polar surface area (TPSA) is 39.2 Å². The summed E-state index contributed by atoms with van der Waals surface area (Å²) in [4.78, 5) is 0. The summed E-state index contributed by atoms with van der Waals surface area (Å²) in [5.41, 5.74) is 9.51. The second-order valence-electron chi connectivity index (χ2n) is 5.99. The number of nitrogens with two attached hydrogens (primary N) is 1. The van der Waals surface area contributed by atoms with Gasteiger partial charge in [0.25, 0.3) is 0 Å². The van der Waals surface area contributed by atoms with Crippen molar-refractivity contribution in [2.75, 3.05) is 0 Å². The third-order valence-electron chi connectivity index (χ3n) is 4.64. The molecular weight excluding hydrogens is 246 g/mol. The predicted molar refractivity (Wildman–Crippen MR) is 82.6 cm³/mol. The van der Waals surface area contributed by atoms with E-state index in [1.807, 2.05) is 12.1 Å². The van der Waals surface area contributed by atoms with Gasteiger partial charge in [-0.2, -0.15) is 0 Å². The third-order valence-corrected chi connectivity index (χ3v) is 4.64. The average molecular weight is 265 g/mol. The van der Waals surface area contributed by atoms with E-state index < -0.39 is 0 Å². The molecule has 20 heavy (non-hydrogen) atoms. The van der Waals surface area contributed by atoms with Crippen molar-refractivity contribution < 1.29 is 4.42 Å². The molecule has 2 nitrogen and oxygen atoms in total. The summed E-state index contributed by atoms with van der Waals surface area (Å²) in [5.74, 6) is 0.835. The molecule has 0 spiro atoms. The third kappa shape index (κ3) is 1.92. The Balaban J connectivity index is 1.74. The fourth-order valence-electron chi connectivity index (χ4n) is 3.20. The van der Waals surface area contributed by atoms with Crippen LogP contribution in [0.2, 0.25) is 0 Å². The van der Waals surface area contributed by atoms with Gasteiger partial charge in [-0.05, 0) is 36.1 Å². The van der Waals surface area contributed by atoms with Crippen molar-refractivity contribution in [3.63, 3.8) is 0 Å². The number of hydrogen-bond donors (Lipinski definition) is 1. The van der Waals surface area contributed by atoms with Crippen LogP contribution in [-0.2, 0) is 0 Å². The van der Waals surface area contributed by atoms with E-state index in [4.69, 9.17) is 10.2 Å². The zero-order valence-corrected chi connectivity index (χ0v) is 11.5. The van der Waals surface area contributed by atoms with Crippen molar-refractivity contribution in [1.82, 2.24) is 0 Å². The molecule has 1 heterocycles. The normalized spacial score (nSPS) is 17.4. The van der Waals surface area contributed by atoms with Crippen molar-refractivity contribution >= 4 is 21.9 Å². The first-order valence-electron chi connectivity index (χ1n) is 7.48. The predicted octanol–water partition coefficient (Wildman–Crippen LogP) is 4.78. The van der Waals surface area contributed by atoms with Gasteiger partial charge in [0.05, 0.1) is 0 Å². The van der Waals surface area contributed by atoms with Crippen LogP contribution in [0.5, 0.6) is 0 Å². The van der Waals surface area contributed by atoms with Crippen LogP contribution in [0.15, 0.2) is 46.9 Å². The van der Waals surface area contributed by atoms with Crippen LogP contribution >= 0.6 is 0 Å². The smallest absolute Gasteiger partial charge is 0.135 e. The van der Waals surface area contributed by atoms with Crippen LogP contribution in [0.25, 0.3) is 21.9 Å². The number of para-hydroxylation sites is 1. The Bertz CT molecular complexity index is 754. The van der Waals surface area contributed by atoms with E-state index in [9.17, 15) is 0 Å². The van der Waals surface area contributed by atoms with Crippen molar-refractivity contribution in [3.05, 3.63) is 48.0 Å². The van der Waals surface area contributed by atoms with Gasteiger partial charge in [0.1, 0.15) is 11.2 Å². The summed E-state index contributed by atoms with van der Waals surface area (Å²) >= 11 is 0. The van der Waals surface area contributed by atoms with Crippen LogP contribution in [0.4, 0.5) is 0 Å². The molecule has 1 aliphatic carbocycles. The maximum atomic E-state index is 6.38. The molecular formula is C18H19NO. The highest BCUT2D eigenvalue weighted by molar-refractivity contribution is 6.05. The summed E-state index contributed by atoms with van der Waals surface area (Å²) in [7, 11) is 0. The largest absolute Gasteiger partial charge is 0.456 e. The summed E-state index contributed by atoms with van der Waals surface area (Å²) in [6.45, 7) is 0. The quantitative estimate of drug-likeness (QED) is 0.740. The molecule has 2 N–H and O–H groups in total. The molecule has 1 atom stereocenters. The molecule has 1 aromatic heterocycles. The first-order chi connectivity index (χ1) is 9.81. The van der Waals surface area contributed by atoms with E-state index in [1.165, 1.54) is 35.6 Å². The van der Waals surface area contributed by atoms with E-state index in [2.05, 4.69) is 30.3 Å². The second-order valence-corrected chi connectivity index (χ2v) is 5.99. The van der Waals surface area contributed by atoms with E-state index in [0.717, 1.165) is 23.5 Å². The number of rotatable bonds is 3. The van der Waals surface area contributed by atoms with Crippen LogP contribution in [0.1, 0.15) is 37.3 Å². The molecule has 0 bridgehead atoms. The van der Waals surface area contributed by atoms with Crippen molar-refractivity contribution in [2.24, 2.45) is 11.7 Å². The molecule has 0 saturated heterocycles.